The molecule has 0 aliphatic heterocycles. The Balaban J connectivity index is 4.57. The number of rotatable bonds is 33. The Morgan fingerprint density at radius 2 is 1.00 bits per heavy atom. The molecule has 298 valence electrons. The van der Waals surface area contributed by atoms with Crippen LogP contribution in [0.5, 0.6) is 0 Å². The summed E-state index contributed by atoms with van der Waals surface area (Å²) >= 11 is 0. The summed E-state index contributed by atoms with van der Waals surface area (Å²) in [5, 5.41) is 11.6. The first-order chi connectivity index (χ1) is 25.6. The predicted octanol–water partition coefficient (Wildman–Crippen LogP) is 9.01. The number of ether oxygens (including phenoxy) is 3. The van der Waals surface area contributed by atoms with Crippen molar-refractivity contribution in [3.63, 3.8) is 0 Å². The van der Waals surface area contributed by atoms with Crippen LogP contribution in [0, 0.1) is 0 Å². The molecule has 2 atom stereocenters. The number of hydrogen-bond acceptors (Lipinski definition) is 7. The number of quaternary nitrogens is 1. The number of carboxylic acid groups (broad SMARTS) is 1. The molecule has 0 spiro atoms. The van der Waals surface area contributed by atoms with Crippen LogP contribution in [0.1, 0.15) is 117 Å². The monoisotopic (exact) mass is 738 g/mol. The maximum absolute atomic E-state index is 12.6. The van der Waals surface area contributed by atoms with Gasteiger partial charge in [-0.25, -0.2) is 0 Å². The van der Waals surface area contributed by atoms with Crippen LogP contribution >= 0.6 is 0 Å². The van der Waals surface area contributed by atoms with E-state index in [-0.39, 0.29) is 55.5 Å². The first-order valence-corrected chi connectivity index (χ1v) is 19.8. The van der Waals surface area contributed by atoms with Crippen molar-refractivity contribution in [2.24, 2.45) is 0 Å². The molecule has 0 rings (SSSR count). The summed E-state index contributed by atoms with van der Waals surface area (Å²) in [5.74, 6) is -1.88. The number of nitrogens with zero attached hydrogens (tertiary/aromatic N) is 1. The molecule has 0 aliphatic rings. The van der Waals surface area contributed by atoms with E-state index in [0.29, 0.717) is 12.8 Å². The van der Waals surface area contributed by atoms with Gasteiger partial charge in [-0.2, -0.15) is 0 Å². The molecule has 53 heavy (non-hydrogen) atoms. The fourth-order valence-corrected chi connectivity index (χ4v) is 4.94. The van der Waals surface area contributed by atoms with Crippen LogP contribution in [-0.4, -0.2) is 75.5 Å². The molecule has 0 aromatic heterocycles. The third-order valence-electron chi connectivity index (χ3n) is 7.97. The van der Waals surface area contributed by atoms with E-state index in [1.807, 2.05) is 0 Å². The highest BCUT2D eigenvalue weighted by Gasteiger charge is 2.25. The van der Waals surface area contributed by atoms with Gasteiger partial charge in [0.1, 0.15) is 12.6 Å². The number of likely N-dealkylation sites (N-methyl/N-ethyl adjacent to an activating group) is 1. The summed E-state index contributed by atoms with van der Waals surface area (Å²) in [4.78, 5) is 36.7. The summed E-state index contributed by atoms with van der Waals surface area (Å²) in [6.45, 7) is 4.28. The molecule has 0 fully saturated rings. The largest absolute Gasteiger partial charge is 0.544 e. The molecule has 8 heteroatoms. The fraction of sp³-hybridized carbons (Fsp3) is 0.578. The minimum atomic E-state index is -1.14. The van der Waals surface area contributed by atoms with Crippen LogP contribution < -0.4 is 5.11 Å². The highest BCUT2D eigenvalue weighted by molar-refractivity contribution is 5.70. The molecule has 2 unspecified atom stereocenters. The summed E-state index contributed by atoms with van der Waals surface area (Å²) in [7, 11) is 5.35. The van der Waals surface area contributed by atoms with E-state index >= 15 is 0 Å². The van der Waals surface area contributed by atoms with E-state index in [0.717, 1.165) is 70.6 Å². The smallest absolute Gasteiger partial charge is 0.306 e. The number of carbonyl (C=O) groups is 3. The molecule has 0 saturated carbocycles. The first-order valence-electron chi connectivity index (χ1n) is 19.8. The standard InChI is InChI=1S/C45H71NO7/c1-6-8-10-12-14-16-18-20-21-22-23-24-26-27-29-31-33-35-43(47)52-40-41(39-51-38-37-42(45(49)50)46(3,4)5)53-44(48)36-34-32-30-28-25-19-17-15-13-11-9-7-2/h8-11,14-17,20-21,23-25,27-29,41-42H,6-7,12-13,18-19,22,26,30-40H2,1-5H3/b10-8+,11-9+,16-14+,17-15+,21-20+,24-23+,28-25+,29-27+. The Kier molecular flexibility index (Phi) is 32.8. The second-order valence-corrected chi connectivity index (χ2v) is 13.7. The van der Waals surface area contributed by atoms with E-state index in [2.05, 4.69) is 111 Å². The van der Waals surface area contributed by atoms with Crippen molar-refractivity contribution in [3.05, 3.63) is 97.2 Å². The Bertz CT molecular complexity index is 1180. The number of carbonyl (C=O) groups excluding carboxylic acids is 3. The topological polar surface area (TPSA) is 102 Å². The molecular weight excluding hydrogens is 666 g/mol. The van der Waals surface area contributed by atoms with Gasteiger partial charge in [-0.3, -0.25) is 9.59 Å². The molecule has 0 radical (unpaired) electrons. The molecule has 0 amide bonds. The minimum Gasteiger partial charge on any atom is -0.544 e. The molecule has 0 aromatic carbocycles. The molecular formula is C45H71NO7. The van der Waals surface area contributed by atoms with E-state index < -0.39 is 18.1 Å². The van der Waals surface area contributed by atoms with E-state index in [9.17, 15) is 19.5 Å². The van der Waals surface area contributed by atoms with Crippen LogP contribution in [0.25, 0.3) is 0 Å². The van der Waals surface area contributed by atoms with Crippen LogP contribution in [0.4, 0.5) is 0 Å². The zero-order chi connectivity index (χ0) is 39.3. The van der Waals surface area contributed by atoms with Gasteiger partial charge in [-0.15, -0.1) is 0 Å². The molecule has 0 saturated heterocycles. The van der Waals surface area contributed by atoms with Crippen molar-refractivity contribution in [1.82, 2.24) is 0 Å². The quantitative estimate of drug-likeness (QED) is 0.0287. The van der Waals surface area contributed by atoms with Crippen molar-refractivity contribution in [2.45, 2.75) is 129 Å². The maximum atomic E-state index is 12.6. The SMILES string of the molecule is CC/C=C/C/C=C/C/C=C/C/C=C/C/C=C/CCCC(=O)OCC(COCCC(C(=O)[O-])[N+](C)(C)C)OC(=O)CCCC/C=C/C/C=C/C/C=C/CC. The number of esters is 2. The zero-order valence-corrected chi connectivity index (χ0v) is 33.6. The molecule has 0 bridgehead atoms. The van der Waals surface area contributed by atoms with Crippen LogP contribution in [0.2, 0.25) is 0 Å². The third kappa shape index (κ3) is 33.8. The molecule has 8 nitrogen and oxygen atoms in total. The first kappa shape index (κ1) is 49.2. The summed E-state index contributed by atoms with van der Waals surface area (Å²) in [5.41, 5.74) is 0. The highest BCUT2D eigenvalue weighted by Crippen LogP contribution is 2.10. The lowest BCUT2D eigenvalue weighted by molar-refractivity contribution is -0.889. The average Bonchev–Trinajstić information content (AvgIpc) is 3.11. The van der Waals surface area contributed by atoms with Crippen molar-refractivity contribution in [2.75, 3.05) is 41.0 Å². The summed E-state index contributed by atoms with van der Waals surface area (Å²) in [6.07, 6.45) is 45.9. The van der Waals surface area contributed by atoms with Crippen molar-refractivity contribution in [1.29, 1.82) is 0 Å². The van der Waals surface area contributed by atoms with Gasteiger partial charge in [0.25, 0.3) is 0 Å². The Labute approximate surface area is 322 Å². The number of carboxylic acids is 1. The van der Waals surface area contributed by atoms with Gasteiger partial charge >= 0.3 is 11.9 Å². The van der Waals surface area contributed by atoms with Gasteiger partial charge in [-0.05, 0) is 83.5 Å². The van der Waals surface area contributed by atoms with Crippen LogP contribution in [-0.2, 0) is 28.6 Å². The molecule has 0 N–H and O–H groups in total. The van der Waals surface area contributed by atoms with E-state index in [1.165, 1.54) is 0 Å². The fourth-order valence-electron chi connectivity index (χ4n) is 4.94. The third-order valence-corrected chi connectivity index (χ3v) is 7.97. The van der Waals surface area contributed by atoms with Crippen molar-refractivity contribution >= 4 is 17.9 Å². The maximum Gasteiger partial charge on any atom is 0.306 e. The number of allylic oxidation sites excluding steroid dienone is 16. The summed E-state index contributed by atoms with van der Waals surface area (Å²) < 4.78 is 17.0. The van der Waals surface area contributed by atoms with Gasteiger partial charge < -0.3 is 28.6 Å². The Morgan fingerprint density at radius 1 is 0.566 bits per heavy atom. The van der Waals surface area contributed by atoms with E-state index in [1.54, 1.807) is 21.1 Å². The average molecular weight is 738 g/mol. The van der Waals surface area contributed by atoms with Gasteiger partial charge in [0.05, 0.1) is 40.3 Å². The normalized spacial score (nSPS) is 14.1. The summed E-state index contributed by atoms with van der Waals surface area (Å²) in [6, 6.07) is -0.746. The molecule has 0 aromatic rings. The van der Waals surface area contributed by atoms with Crippen LogP contribution in [0.3, 0.4) is 0 Å². The minimum absolute atomic E-state index is 0.000454. The van der Waals surface area contributed by atoms with E-state index in [4.69, 9.17) is 14.2 Å². The molecule has 0 heterocycles. The Morgan fingerprint density at radius 3 is 1.45 bits per heavy atom. The lowest BCUT2D eigenvalue weighted by Gasteiger charge is -2.34. The number of hydrogen-bond donors (Lipinski definition) is 0. The van der Waals surface area contributed by atoms with Crippen LogP contribution in [0.15, 0.2) is 97.2 Å². The van der Waals surface area contributed by atoms with Crippen molar-refractivity contribution in [3.8, 4) is 0 Å². The highest BCUT2D eigenvalue weighted by atomic mass is 16.6. The Hall–Kier alpha value is -3.75. The molecule has 0 aliphatic carbocycles. The van der Waals surface area contributed by atoms with Gasteiger partial charge in [0.15, 0.2) is 6.10 Å². The second kappa shape index (κ2) is 35.3. The predicted molar refractivity (Wildman–Crippen MR) is 217 cm³/mol. The van der Waals surface area contributed by atoms with Gasteiger partial charge in [-0.1, -0.05) is 111 Å². The van der Waals surface area contributed by atoms with Gasteiger partial charge in [0, 0.05) is 19.3 Å². The lowest BCUT2D eigenvalue weighted by Crippen LogP contribution is -2.55. The zero-order valence-electron chi connectivity index (χ0n) is 33.6. The second-order valence-electron chi connectivity index (χ2n) is 13.7. The van der Waals surface area contributed by atoms with Gasteiger partial charge in [0.2, 0.25) is 0 Å². The lowest BCUT2D eigenvalue weighted by atomic mass is 10.1. The van der Waals surface area contributed by atoms with Crippen molar-refractivity contribution < 1.29 is 38.2 Å². The number of aliphatic carboxylic acids is 1. The number of unbranched alkanes of at least 4 members (excludes halogenated alkanes) is 3.